The number of benzene rings is 4. The molecule has 5 rings (SSSR count). The molecule has 1 heterocycles. The van der Waals surface area contributed by atoms with E-state index in [0.717, 1.165) is 32.4 Å². The van der Waals surface area contributed by atoms with Crippen molar-refractivity contribution in [2.75, 3.05) is 18.1 Å². The molecule has 13 N–H and O–H groups in total. The monoisotopic (exact) mass is 1030 g/mol. The summed E-state index contributed by atoms with van der Waals surface area (Å²) >= 11 is 0. The van der Waals surface area contributed by atoms with Crippen molar-refractivity contribution in [1.29, 1.82) is 0 Å². The van der Waals surface area contributed by atoms with Crippen LogP contribution in [0.4, 0.5) is 0 Å². The van der Waals surface area contributed by atoms with E-state index >= 15 is 0 Å². The highest BCUT2D eigenvalue weighted by molar-refractivity contribution is 8.76. The van der Waals surface area contributed by atoms with Crippen LogP contribution in [0, 0.1) is 5.92 Å². The van der Waals surface area contributed by atoms with Gasteiger partial charge in [-0.15, -0.1) is 0 Å². The Morgan fingerprint density at radius 3 is 1.82 bits per heavy atom. The van der Waals surface area contributed by atoms with E-state index < -0.39 is 102 Å². The third-order valence-electron chi connectivity index (χ3n) is 11.9. The molecule has 0 spiro atoms. The second kappa shape index (κ2) is 27.8. The maximum Gasteiger partial charge on any atom is 0.326 e. The second-order valence-electron chi connectivity index (χ2n) is 18.0. The van der Waals surface area contributed by atoms with Gasteiger partial charge in [0, 0.05) is 30.8 Å². The van der Waals surface area contributed by atoms with Crippen molar-refractivity contribution in [1.82, 2.24) is 37.2 Å². The number of aromatic hydroxyl groups is 1. The summed E-state index contributed by atoms with van der Waals surface area (Å²) in [6.07, 6.45) is 0.655. The molecule has 4 aromatic rings. The van der Waals surface area contributed by atoms with Crippen LogP contribution < -0.4 is 48.7 Å². The largest absolute Gasteiger partial charge is 0.508 e. The quantitative estimate of drug-likeness (QED) is 0.0561. The van der Waals surface area contributed by atoms with Crippen molar-refractivity contribution in [3.63, 3.8) is 0 Å². The van der Waals surface area contributed by atoms with E-state index in [-0.39, 0.29) is 49.5 Å². The van der Waals surface area contributed by atoms with Gasteiger partial charge in [-0.25, -0.2) is 4.79 Å². The van der Waals surface area contributed by atoms with E-state index in [1.54, 1.807) is 56.3 Å². The fourth-order valence-electron chi connectivity index (χ4n) is 7.83. The lowest BCUT2D eigenvalue weighted by atomic mass is 9.97. The van der Waals surface area contributed by atoms with E-state index in [9.17, 15) is 48.6 Å². The highest BCUT2D eigenvalue weighted by atomic mass is 33.1. The van der Waals surface area contributed by atoms with Crippen LogP contribution in [0.2, 0.25) is 0 Å². The molecular weight excluding hydrogens is 963 g/mol. The zero-order chi connectivity index (χ0) is 52.3. The molecule has 0 unspecified atom stereocenters. The summed E-state index contributed by atoms with van der Waals surface area (Å²) in [4.78, 5) is 112. The van der Waals surface area contributed by atoms with Crippen LogP contribution in [-0.2, 0) is 57.6 Å². The van der Waals surface area contributed by atoms with Gasteiger partial charge in [-0.05, 0) is 78.2 Å². The summed E-state index contributed by atoms with van der Waals surface area (Å²) in [7, 11) is 2.07. The number of nitrogens with two attached hydrogens (primary N) is 2. The van der Waals surface area contributed by atoms with Crippen molar-refractivity contribution >= 4 is 79.7 Å². The summed E-state index contributed by atoms with van der Waals surface area (Å²) in [5.74, 6) is -7.66. The number of unbranched alkanes of at least 4 members (excludes halogenated alkanes) is 1. The molecule has 72 heavy (non-hydrogen) atoms. The van der Waals surface area contributed by atoms with Crippen LogP contribution in [0.3, 0.4) is 0 Å². The Morgan fingerprint density at radius 1 is 0.653 bits per heavy atom. The highest BCUT2D eigenvalue weighted by Gasteiger charge is 2.36. The number of carboxylic acid groups (broad SMARTS) is 1. The van der Waals surface area contributed by atoms with Crippen molar-refractivity contribution in [3.05, 3.63) is 114 Å². The Hall–Kier alpha value is -6.68. The lowest BCUT2D eigenvalue weighted by Crippen LogP contribution is -2.61. The molecule has 0 bridgehead atoms. The van der Waals surface area contributed by atoms with Crippen LogP contribution in [0.25, 0.3) is 10.8 Å². The number of carboxylic acids is 1. The predicted octanol–water partition coefficient (Wildman–Crippen LogP) is 1.58. The average Bonchev–Trinajstić information content (AvgIpc) is 3.35. The van der Waals surface area contributed by atoms with Gasteiger partial charge in [-0.2, -0.15) is 0 Å². The highest BCUT2D eigenvalue weighted by Crippen LogP contribution is 2.25. The maximum atomic E-state index is 14.8. The standard InChI is InChI=1S/C51H65N9O10S2/c1-29(2)43(51(69)70)60-50(68)42-28-72-71-27-41(58-44(62)30(3)53)49(67)56-38(24-31-12-5-4-6-13-31)46(64)57-40(26-34-16-11-15-33-14-7-8-17-36(33)34)48(66)54-37(18-9-10-23-52)45(63)55-39(47(65)59-42)25-32-19-21-35(61)22-20-32/h4-8,11-17,19-22,29-30,37-43,61H,9-10,18,23-28,52-53H2,1-3H3,(H,54,66)(H,55,63)(H,56,67)(H,57,64)(H,58,62)(H,59,65)(H,60,68)(H,69,70)/t30-,37-,38-,39-,40-,41-,42-,43-/m0/s1. The van der Waals surface area contributed by atoms with Gasteiger partial charge >= 0.3 is 5.97 Å². The van der Waals surface area contributed by atoms with Crippen LogP contribution in [-0.4, -0.2) is 124 Å². The molecular formula is C51H65N9O10S2. The number of fused-ring (bicyclic) bond motifs is 1. The topological polar surface area (TPSA) is 313 Å². The number of nitrogens with one attached hydrogen (secondary N) is 7. The van der Waals surface area contributed by atoms with E-state index in [1.165, 1.54) is 19.1 Å². The molecule has 0 radical (unpaired) electrons. The lowest BCUT2D eigenvalue weighted by Gasteiger charge is -2.29. The summed E-state index contributed by atoms with van der Waals surface area (Å²) in [5, 5.41) is 40.8. The van der Waals surface area contributed by atoms with E-state index in [1.807, 2.05) is 42.5 Å². The van der Waals surface area contributed by atoms with Gasteiger partial charge in [0.2, 0.25) is 41.4 Å². The van der Waals surface area contributed by atoms with Gasteiger partial charge in [-0.1, -0.05) is 120 Å². The lowest BCUT2D eigenvalue weighted by molar-refractivity contribution is -0.143. The zero-order valence-electron chi connectivity index (χ0n) is 40.4. The first-order valence-electron chi connectivity index (χ1n) is 23.8. The Kier molecular flexibility index (Phi) is 21.7. The predicted molar refractivity (Wildman–Crippen MR) is 277 cm³/mol. The fourth-order valence-corrected chi connectivity index (χ4v) is 10.2. The minimum absolute atomic E-state index is 0.0341. The Balaban J connectivity index is 1.62. The second-order valence-corrected chi connectivity index (χ2v) is 20.5. The first kappa shape index (κ1) is 56.2. The third kappa shape index (κ3) is 17.0. The van der Waals surface area contributed by atoms with Crippen LogP contribution >= 0.6 is 21.6 Å². The molecule has 0 aliphatic carbocycles. The molecule has 21 heteroatoms. The first-order chi connectivity index (χ1) is 34.4. The molecule has 0 saturated carbocycles. The zero-order valence-corrected chi connectivity index (χ0v) is 42.1. The molecule has 1 saturated heterocycles. The number of hydrogen-bond donors (Lipinski definition) is 11. The molecule has 7 amide bonds. The summed E-state index contributed by atoms with van der Waals surface area (Å²) in [6.45, 7) is 4.91. The Labute approximate surface area is 426 Å². The maximum absolute atomic E-state index is 14.8. The summed E-state index contributed by atoms with van der Waals surface area (Å²) < 4.78 is 0. The molecule has 19 nitrogen and oxygen atoms in total. The number of amides is 7. The number of carbonyl (C=O) groups is 8. The van der Waals surface area contributed by atoms with Crippen molar-refractivity contribution in [3.8, 4) is 5.75 Å². The van der Waals surface area contributed by atoms with Crippen molar-refractivity contribution in [2.45, 2.75) is 108 Å². The smallest absolute Gasteiger partial charge is 0.326 e. The van der Waals surface area contributed by atoms with Gasteiger partial charge in [0.05, 0.1) is 6.04 Å². The number of hydrogen-bond acceptors (Lipinski definition) is 13. The third-order valence-corrected chi connectivity index (χ3v) is 14.3. The molecule has 1 aliphatic rings. The van der Waals surface area contributed by atoms with E-state index in [0.29, 0.717) is 29.5 Å². The molecule has 8 atom stereocenters. The van der Waals surface area contributed by atoms with Crippen LogP contribution in [0.1, 0.15) is 56.7 Å². The molecule has 0 aromatic heterocycles. The van der Waals surface area contributed by atoms with Crippen LogP contribution in [0.15, 0.2) is 97.1 Å². The van der Waals surface area contributed by atoms with Crippen molar-refractivity contribution in [2.24, 2.45) is 17.4 Å². The van der Waals surface area contributed by atoms with E-state index in [4.69, 9.17) is 11.5 Å². The minimum Gasteiger partial charge on any atom is -0.508 e. The summed E-state index contributed by atoms with van der Waals surface area (Å²) in [5.41, 5.74) is 13.6. The number of carbonyl (C=O) groups excluding carboxylic acids is 7. The number of rotatable bonds is 16. The molecule has 1 fully saturated rings. The first-order valence-corrected chi connectivity index (χ1v) is 26.3. The van der Waals surface area contributed by atoms with Gasteiger partial charge < -0.3 is 58.9 Å². The molecule has 386 valence electrons. The van der Waals surface area contributed by atoms with Gasteiger partial charge in [0.25, 0.3) is 0 Å². The molecule has 1 aliphatic heterocycles. The Morgan fingerprint density at radius 2 is 1.19 bits per heavy atom. The minimum atomic E-state index is -1.42. The van der Waals surface area contributed by atoms with Crippen molar-refractivity contribution < 1.29 is 48.6 Å². The summed E-state index contributed by atoms with van der Waals surface area (Å²) in [6, 6.07) is 17.4. The Bertz CT molecular complexity index is 2510. The fraction of sp³-hybridized carbons (Fsp3) is 0.412. The normalized spacial score (nSPS) is 21.7. The average molecular weight is 1030 g/mol. The number of phenolic OH excluding ortho intramolecular Hbond substituents is 1. The SMILES string of the molecule is CC(C)[C@H](NC(=O)[C@@H]1CSSC[C@H](NC(=O)[C@H](C)N)C(=O)N[C@@H](Cc2ccccc2)C(=O)N[C@@H](Cc2cccc3ccccc23)C(=O)N[C@@H](CCCCN)C(=O)N[C@@H](Cc2ccc(O)cc2)C(=O)N1)C(=O)O. The van der Waals surface area contributed by atoms with Gasteiger partial charge in [0.15, 0.2) is 0 Å². The van der Waals surface area contributed by atoms with Crippen LogP contribution in [0.5, 0.6) is 5.75 Å². The molecule has 4 aromatic carbocycles. The number of phenols is 1. The number of aliphatic carboxylic acids is 1. The van der Waals surface area contributed by atoms with Gasteiger partial charge in [0.1, 0.15) is 48.0 Å². The van der Waals surface area contributed by atoms with E-state index in [2.05, 4.69) is 37.2 Å². The van der Waals surface area contributed by atoms with Gasteiger partial charge in [-0.3, -0.25) is 33.6 Å².